The number of nitrogens with zero attached hydrogens (tertiary/aromatic N) is 4. The monoisotopic (exact) mass is 259 g/mol. The summed E-state index contributed by atoms with van der Waals surface area (Å²) in [5.41, 5.74) is 1.12. The maximum absolute atomic E-state index is 11.7. The molecule has 0 aromatic carbocycles. The molecule has 0 aliphatic heterocycles. The van der Waals surface area contributed by atoms with E-state index < -0.39 is 0 Å². The zero-order chi connectivity index (χ0) is 12.4. The Morgan fingerprint density at radius 3 is 3.17 bits per heavy atom. The summed E-state index contributed by atoms with van der Waals surface area (Å²) in [6.45, 7) is 0.379. The van der Waals surface area contributed by atoms with E-state index in [2.05, 4.69) is 20.3 Å². The molecule has 0 saturated carbocycles. The Labute approximate surface area is 106 Å². The first kappa shape index (κ1) is 10.8. The molecule has 0 saturated heterocycles. The van der Waals surface area contributed by atoms with Gasteiger partial charge in [-0.1, -0.05) is 0 Å². The summed E-state index contributed by atoms with van der Waals surface area (Å²) < 4.78 is 1.93. The van der Waals surface area contributed by atoms with Gasteiger partial charge in [-0.2, -0.15) is 0 Å². The second-order valence-corrected chi connectivity index (χ2v) is 4.47. The molecule has 6 nitrogen and oxygen atoms in total. The van der Waals surface area contributed by atoms with Crippen LogP contribution in [-0.4, -0.2) is 25.3 Å². The number of thiazole rings is 1. The second kappa shape index (κ2) is 4.53. The third kappa shape index (κ3) is 2.07. The molecule has 0 atom stereocenters. The Balaban J connectivity index is 1.68. The molecule has 7 heteroatoms. The Bertz CT molecular complexity index is 646. The number of amides is 1. The van der Waals surface area contributed by atoms with Crippen molar-refractivity contribution < 1.29 is 4.79 Å². The van der Waals surface area contributed by atoms with Gasteiger partial charge in [0.15, 0.2) is 4.96 Å². The predicted molar refractivity (Wildman–Crippen MR) is 66.3 cm³/mol. The van der Waals surface area contributed by atoms with E-state index in [1.54, 1.807) is 11.3 Å². The highest BCUT2D eigenvalue weighted by Gasteiger charge is 2.08. The lowest BCUT2D eigenvalue weighted by molar-refractivity contribution is 0.0945. The molecule has 0 aliphatic carbocycles. The van der Waals surface area contributed by atoms with Crippen LogP contribution in [0.2, 0.25) is 0 Å². The van der Waals surface area contributed by atoms with Crippen molar-refractivity contribution in [3.05, 3.63) is 47.8 Å². The molecule has 3 aromatic rings. The van der Waals surface area contributed by atoms with Gasteiger partial charge in [-0.05, 0) is 0 Å². The number of hydrogen-bond acceptors (Lipinski definition) is 5. The first-order chi connectivity index (χ1) is 8.83. The Morgan fingerprint density at radius 2 is 2.39 bits per heavy atom. The highest BCUT2D eigenvalue weighted by molar-refractivity contribution is 7.15. The number of aromatic nitrogens is 4. The molecular formula is C11H9N5OS. The number of nitrogens with one attached hydrogen (secondary N) is 1. The van der Waals surface area contributed by atoms with Crippen LogP contribution < -0.4 is 5.32 Å². The number of hydrogen-bond donors (Lipinski definition) is 1. The van der Waals surface area contributed by atoms with Crippen molar-refractivity contribution in [1.29, 1.82) is 0 Å². The van der Waals surface area contributed by atoms with E-state index in [1.807, 2.05) is 22.2 Å². The molecule has 0 aliphatic rings. The minimum Gasteiger partial charge on any atom is -0.345 e. The molecule has 3 rings (SSSR count). The molecule has 0 spiro atoms. The molecule has 0 bridgehead atoms. The fraction of sp³-hybridized carbons (Fsp3) is 0.0909. The van der Waals surface area contributed by atoms with E-state index in [1.165, 1.54) is 18.6 Å². The lowest BCUT2D eigenvalue weighted by atomic mass is 10.4. The molecular weight excluding hydrogens is 250 g/mol. The van der Waals surface area contributed by atoms with Crippen LogP contribution in [0, 0.1) is 0 Å². The molecule has 0 unspecified atom stereocenters. The Hall–Kier alpha value is -2.28. The fourth-order valence-corrected chi connectivity index (χ4v) is 2.26. The average Bonchev–Trinajstić information content (AvgIpc) is 2.97. The summed E-state index contributed by atoms with van der Waals surface area (Å²) in [5, 5.41) is 4.72. The van der Waals surface area contributed by atoms with Crippen molar-refractivity contribution >= 4 is 22.2 Å². The maximum Gasteiger partial charge on any atom is 0.271 e. The summed E-state index contributed by atoms with van der Waals surface area (Å²) in [6.07, 6.45) is 8.27. The lowest BCUT2D eigenvalue weighted by Gasteiger charge is -2.01. The smallest absolute Gasteiger partial charge is 0.271 e. The number of rotatable bonds is 3. The number of carbonyl (C=O) groups excluding carboxylic acids is 1. The minimum absolute atomic E-state index is 0.251. The van der Waals surface area contributed by atoms with Crippen LogP contribution in [0.1, 0.15) is 16.2 Å². The summed E-state index contributed by atoms with van der Waals surface area (Å²) in [5.74, 6) is -0.251. The number of carbonyl (C=O) groups is 1. The fourth-order valence-electron chi connectivity index (χ4n) is 1.54. The van der Waals surface area contributed by atoms with Crippen LogP contribution in [0.15, 0.2) is 36.4 Å². The number of fused-ring (bicyclic) bond motifs is 1. The molecule has 1 N–H and O–H groups in total. The molecule has 3 heterocycles. The topological polar surface area (TPSA) is 72.2 Å². The second-order valence-electron chi connectivity index (χ2n) is 3.60. The molecule has 1 amide bonds. The Kier molecular flexibility index (Phi) is 2.73. The van der Waals surface area contributed by atoms with Gasteiger partial charge in [0.1, 0.15) is 5.69 Å². The summed E-state index contributed by atoms with van der Waals surface area (Å²) >= 11 is 1.56. The van der Waals surface area contributed by atoms with Gasteiger partial charge in [0.2, 0.25) is 0 Å². The van der Waals surface area contributed by atoms with Crippen molar-refractivity contribution in [3.8, 4) is 0 Å². The van der Waals surface area contributed by atoms with E-state index in [4.69, 9.17) is 0 Å². The van der Waals surface area contributed by atoms with Gasteiger partial charge < -0.3 is 5.32 Å². The van der Waals surface area contributed by atoms with Crippen LogP contribution in [0.5, 0.6) is 0 Å². The van der Waals surface area contributed by atoms with Gasteiger partial charge >= 0.3 is 0 Å². The predicted octanol–water partition coefficient (Wildman–Crippen LogP) is 1.12. The van der Waals surface area contributed by atoms with Crippen molar-refractivity contribution in [3.63, 3.8) is 0 Å². The molecule has 90 valence electrons. The highest BCUT2D eigenvalue weighted by atomic mass is 32.1. The number of imidazole rings is 1. The van der Waals surface area contributed by atoms with Crippen LogP contribution >= 0.6 is 11.3 Å². The van der Waals surface area contributed by atoms with Crippen molar-refractivity contribution in [2.24, 2.45) is 0 Å². The van der Waals surface area contributed by atoms with Crippen molar-refractivity contribution in [1.82, 2.24) is 24.7 Å². The third-order valence-electron chi connectivity index (χ3n) is 2.37. The largest absolute Gasteiger partial charge is 0.345 e. The molecule has 0 fully saturated rings. The van der Waals surface area contributed by atoms with E-state index in [-0.39, 0.29) is 5.91 Å². The van der Waals surface area contributed by atoms with E-state index in [9.17, 15) is 4.79 Å². The summed E-state index contributed by atoms with van der Waals surface area (Å²) in [4.78, 5) is 24.8. The van der Waals surface area contributed by atoms with Crippen molar-refractivity contribution in [2.45, 2.75) is 6.54 Å². The van der Waals surface area contributed by atoms with Gasteiger partial charge in [-0.3, -0.25) is 14.2 Å². The first-order valence-corrected chi connectivity index (χ1v) is 6.16. The van der Waals surface area contributed by atoms with Gasteiger partial charge in [0, 0.05) is 30.2 Å². The Morgan fingerprint density at radius 1 is 1.44 bits per heavy atom. The first-order valence-electron chi connectivity index (χ1n) is 5.28. The van der Waals surface area contributed by atoms with Crippen LogP contribution in [0.3, 0.4) is 0 Å². The molecule has 0 radical (unpaired) electrons. The van der Waals surface area contributed by atoms with E-state index in [0.717, 1.165) is 10.7 Å². The van der Waals surface area contributed by atoms with Crippen LogP contribution in [0.25, 0.3) is 4.96 Å². The van der Waals surface area contributed by atoms with Crippen molar-refractivity contribution in [2.75, 3.05) is 0 Å². The standard InChI is InChI=1S/C11H9N5OS/c17-10(9-6-12-1-2-13-9)14-5-8-7-16-3-4-18-11(16)15-8/h1-4,6-7H,5H2,(H,14,17). The third-order valence-corrected chi connectivity index (χ3v) is 3.14. The zero-order valence-electron chi connectivity index (χ0n) is 9.28. The van der Waals surface area contributed by atoms with Gasteiger partial charge in [-0.25, -0.2) is 9.97 Å². The quantitative estimate of drug-likeness (QED) is 0.765. The normalized spacial score (nSPS) is 10.7. The summed E-state index contributed by atoms with van der Waals surface area (Å²) in [7, 11) is 0. The highest BCUT2D eigenvalue weighted by Crippen LogP contribution is 2.11. The van der Waals surface area contributed by atoms with Crippen LogP contribution in [-0.2, 0) is 6.54 Å². The van der Waals surface area contributed by atoms with Crippen LogP contribution in [0.4, 0.5) is 0 Å². The zero-order valence-corrected chi connectivity index (χ0v) is 10.1. The molecule has 3 aromatic heterocycles. The minimum atomic E-state index is -0.251. The van der Waals surface area contributed by atoms with Gasteiger partial charge in [-0.15, -0.1) is 11.3 Å². The maximum atomic E-state index is 11.7. The summed E-state index contributed by atoms with van der Waals surface area (Å²) in [6, 6.07) is 0. The SMILES string of the molecule is O=C(NCc1cn2ccsc2n1)c1cnccn1. The molecule has 18 heavy (non-hydrogen) atoms. The average molecular weight is 259 g/mol. The van der Waals surface area contributed by atoms with E-state index >= 15 is 0 Å². The van der Waals surface area contributed by atoms with E-state index in [0.29, 0.717) is 12.2 Å². The van der Waals surface area contributed by atoms with Gasteiger partial charge in [0.25, 0.3) is 5.91 Å². The lowest BCUT2D eigenvalue weighted by Crippen LogP contribution is -2.24. The van der Waals surface area contributed by atoms with Gasteiger partial charge in [0.05, 0.1) is 18.4 Å².